The van der Waals surface area contributed by atoms with Gasteiger partial charge in [-0.25, -0.2) is 9.29 Å². The van der Waals surface area contributed by atoms with E-state index in [4.69, 9.17) is 0 Å². The van der Waals surface area contributed by atoms with E-state index in [2.05, 4.69) is 0 Å². The van der Waals surface area contributed by atoms with Gasteiger partial charge in [-0.2, -0.15) is 17.6 Å². The van der Waals surface area contributed by atoms with Gasteiger partial charge in [0.05, 0.1) is 6.54 Å². The predicted octanol–water partition coefficient (Wildman–Crippen LogP) is 3.44. The van der Waals surface area contributed by atoms with Crippen LogP contribution < -0.4 is 4.90 Å². The standard InChI is InChI=1S/C12H12F7N/c1-2-3-7-20(12(18,19)11(15,16)17)9-6-4-5-8(13)10(9)14/h4-6H,2-3,7H2,1H3/p+1. The molecule has 0 aromatic heterocycles. The first kappa shape index (κ1) is 16.7. The highest BCUT2D eigenvalue weighted by molar-refractivity contribution is 5.31. The van der Waals surface area contributed by atoms with E-state index in [9.17, 15) is 30.7 Å². The van der Waals surface area contributed by atoms with E-state index in [1.54, 1.807) is 6.92 Å². The van der Waals surface area contributed by atoms with Crippen LogP contribution in [0.4, 0.5) is 36.4 Å². The SMILES string of the molecule is CCCC[NH+](c1cccc(F)c1F)C(F)(F)C(F)(F)F. The fourth-order valence-corrected chi connectivity index (χ4v) is 1.72. The van der Waals surface area contributed by atoms with Gasteiger partial charge in [-0.05, 0) is 12.5 Å². The third-order valence-electron chi connectivity index (χ3n) is 2.79. The van der Waals surface area contributed by atoms with Crippen molar-refractivity contribution in [2.24, 2.45) is 0 Å². The average molecular weight is 304 g/mol. The van der Waals surface area contributed by atoms with Gasteiger partial charge in [-0.1, -0.05) is 19.4 Å². The second kappa shape index (κ2) is 5.99. The van der Waals surface area contributed by atoms with Crippen LogP contribution in [0.25, 0.3) is 0 Å². The van der Waals surface area contributed by atoms with Crippen LogP contribution in [0.15, 0.2) is 18.2 Å². The Kier molecular flexibility index (Phi) is 5.01. The zero-order chi connectivity index (χ0) is 15.6. The number of hydrogen-bond donors (Lipinski definition) is 1. The van der Waals surface area contributed by atoms with Crippen LogP contribution in [-0.2, 0) is 0 Å². The van der Waals surface area contributed by atoms with E-state index in [-0.39, 0.29) is 6.42 Å². The molecular formula is C12H13F7N+. The zero-order valence-corrected chi connectivity index (χ0v) is 10.5. The smallest absolute Gasteiger partial charge is 0.231 e. The number of halogens is 7. The molecule has 0 fully saturated rings. The first-order chi connectivity index (χ1) is 9.13. The molecule has 0 aliphatic heterocycles. The fourth-order valence-electron chi connectivity index (χ4n) is 1.72. The van der Waals surface area contributed by atoms with Gasteiger partial charge < -0.3 is 0 Å². The number of nitrogens with one attached hydrogen (secondary N) is 1. The average Bonchev–Trinajstić information content (AvgIpc) is 2.33. The second-order valence-electron chi connectivity index (χ2n) is 4.26. The molecule has 1 aromatic carbocycles. The molecule has 1 rings (SSSR count). The summed E-state index contributed by atoms with van der Waals surface area (Å²) in [7, 11) is 0. The quantitative estimate of drug-likeness (QED) is 0.628. The summed E-state index contributed by atoms with van der Waals surface area (Å²) in [6.45, 7) is 0.925. The number of hydrogen-bond acceptors (Lipinski definition) is 0. The molecular weight excluding hydrogens is 291 g/mol. The van der Waals surface area contributed by atoms with Gasteiger partial charge in [-0.15, -0.1) is 8.78 Å². The molecule has 0 saturated heterocycles. The Morgan fingerprint density at radius 2 is 1.65 bits per heavy atom. The van der Waals surface area contributed by atoms with Gasteiger partial charge in [0, 0.05) is 6.07 Å². The third-order valence-corrected chi connectivity index (χ3v) is 2.79. The molecule has 1 aromatic rings. The van der Waals surface area contributed by atoms with Crippen LogP contribution in [0.3, 0.4) is 0 Å². The van der Waals surface area contributed by atoms with Crippen molar-refractivity contribution in [1.29, 1.82) is 0 Å². The lowest BCUT2D eigenvalue weighted by atomic mass is 10.2. The van der Waals surface area contributed by atoms with Crippen molar-refractivity contribution in [2.45, 2.75) is 32.0 Å². The number of rotatable bonds is 5. The van der Waals surface area contributed by atoms with Crippen molar-refractivity contribution >= 4 is 5.69 Å². The summed E-state index contributed by atoms with van der Waals surface area (Å²) in [5, 5.41) is 0. The number of unbranched alkanes of at least 4 members (excludes halogenated alkanes) is 1. The zero-order valence-electron chi connectivity index (χ0n) is 10.5. The molecule has 1 atom stereocenters. The minimum atomic E-state index is -5.85. The highest BCUT2D eigenvalue weighted by atomic mass is 19.4. The monoisotopic (exact) mass is 304 g/mol. The van der Waals surface area contributed by atoms with E-state index in [1.807, 2.05) is 0 Å². The van der Waals surface area contributed by atoms with Crippen LogP contribution in [0.5, 0.6) is 0 Å². The van der Waals surface area contributed by atoms with E-state index in [0.717, 1.165) is 12.1 Å². The van der Waals surface area contributed by atoms with Crippen LogP contribution in [0.2, 0.25) is 0 Å². The molecule has 20 heavy (non-hydrogen) atoms. The molecule has 1 nitrogen and oxygen atoms in total. The van der Waals surface area contributed by atoms with Crippen molar-refractivity contribution in [1.82, 2.24) is 0 Å². The summed E-state index contributed by atoms with van der Waals surface area (Å²) in [5.41, 5.74) is -1.03. The lowest BCUT2D eigenvalue weighted by Gasteiger charge is -2.28. The maximum Gasteiger partial charge on any atom is 0.515 e. The number of alkyl halides is 5. The molecule has 1 N–H and O–H groups in total. The van der Waals surface area contributed by atoms with Crippen molar-refractivity contribution in [2.75, 3.05) is 6.54 Å². The molecule has 114 valence electrons. The molecule has 0 saturated carbocycles. The highest BCUT2D eigenvalue weighted by Gasteiger charge is 2.67. The van der Waals surface area contributed by atoms with E-state index < -0.39 is 41.0 Å². The van der Waals surface area contributed by atoms with Gasteiger partial charge in [-0.3, -0.25) is 0 Å². The van der Waals surface area contributed by atoms with Gasteiger partial charge >= 0.3 is 12.2 Å². The van der Waals surface area contributed by atoms with Gasteiger partial charge in [0.1, 0.15) is 0 Å². The minimum Gasteiger partial charge on any atom is -0.231 e. The molecule has 0 heterocycles. The summed E-state index contributed by atoms with van der Waals surface area (Å²) >= 11 is 0. The van der Waals surface area contributed by atoms with Crippen LogP contribution in [0, 0.1) is 11.6 Å². The molecule has 1 unspecified atom stereocenters. The maximum absolute atomic E-state index is 13.5. The molecule has 0 spiro atoms. The Bertz CT molecular complexity index is 456. The first-order valence-electron chi connectivity index (χ1n) is 5.88. The summed E-state index contributed by atoms with van der Waals surface area (Å²) < 4.78 is 90.8. The topological polar surface area (TPSA) is 4.44 Å². The van der Waals surface area contributed by atoms with E-state index in [0.29, 0.717) is 12.5 Å². The van der Waals surface area contributed by atoms with Crippen molar-refractivity contribution in [3.8, 4) is 0 Å². The maximum atomic E-state index is 13.5. The Labute approximate surface area is 111 Å². The highest BCUT2D eigenvalue weighted by Crippen LogP contribution is 2.32. The largest absolute Gasteiger partial charge is 0.515 e. The fraction of sp³-hybridized carbons (Fsp3) is 0.500. The number of quaternary nitrogens is 1. The summed E-state index contributed by atoms with van der Waals surface area (Å²) in [6, 6.07) is -2.92. The molecule has 0 amide bonds. The van der Waals surface area contributed by atoms with Crippen LogP contribution >= 0.6 is 0 Å². The Hall–Kier alpha value is -1.31. The second-order valence-corrected chi connectivity index (χ2v) is 4.26. The Morgan fingerprint density at radius 1 is 1.05 bits per heavy atom. The molecule has 0 radical (unpaired) electrons. The summed E-state index contributed by atoms with van der Waals surface area (Å²) in [5.74, 6) is -3.16. The lowest BCUT2D eigenvalue weighted by molar-refractivity contribution is -0.951. The molecule has 0 aliphatic rings. The van der Waals surface area contributed by atoms with Crippen molar-refractivity contribution in [3.63, 3.8) is 0 Å². The van der Waals surface area contributed by atoms with Crippen molar-refractivity contribution < 1.29 is 35.6 Å². The molecule has 0 aliphatic carbocycles. The van der Waals surface area contributed by atoms with Gasteiger partial charge in [0.2, 0.25) is 5.82 Å². The van der Waals surface area contributed by atoms with Gasteiger partial charge in [0.25, 0.3) is 0 Å². The number of benzene rings is 1. The van der Waals surface area contributed by atoms with Crippen LogP contribution in [-0.4, -0.2) is 18.8 Å². The first-order valence-corrected chi connectivity index (χ1v) is 5.88. The van der Waals surface area contributed by atoms with Crippen LogP contribution in [0.1, 0.15) is 19.8 Å². The Balaban J connectivity index is 3.29. The molecule has 8 heteroatoms. The third kappa shape index (κ3) is 3.23. The molecule has 0 bridgehead atoms. The predicted molar refractivity (Wildman–Crippen MR) is 57.8 cm³/mol. The minimum absolute atomic E-state index is 0.0109. The summed E-state index contributed by atoms with van der Waals surface area (Å²) in [4.78, 5) is -1.44. The normalized spacial score (nSPS) is 14.4. The van der Waals surface area contributed by atoms with E-state index >= 15 is 0 Å². The van der Waals surface area contributed by atoms with Crippen molar-refractivity contribution in [3.05, 3.63) is 29.8 Å². The summed E-state index contributed by atoms with van der Waals surface area (Å²) in [6.07, 6.45) is -5.50. The van der Waals surface area contributed by atoms with E-state index in [1.165, 1.54) is 0 Å². The van der Waals surface area contributed by atoms with Gasteiger partial charge in [0.15, 0.2) is 11.5 Å². The Morgan fingerprint density at radius 3 is 2.15 bits per heavy atom. The lowest BCUT2D eigenvalue weighted by Crippen LogP contribution is -3.16.